The summed E-state index contributed by atoms with van der Waals surface area (Å²) in [5.74, 6) is 0. The Morgan fingerprint density at radius 3 is 2.08 bits per heavy atom. The second-order valence-electron chi connectivity index (χ2n) is 3.05. The minimum atomic E-state index is 0.792. The van der Waals surface area contributed by atoms with Crippen LogP contribution in [0.2, 0.25) is 0 Å². The molecular weight excluding hydrogens is 162 g/mol. The molecule has 0 fully saturated rings. The average Bonchev–Trinajstić information content (AvgIpc) is 2.14. The Morgan fingerprint density at radius 1 is 1.08 bits per heavy atom. The quantitative estimate of drug-likeness (QED) is 0.585. The van der Waals surface area contributed by atoms with Crippen molar-refractivity contribution < 1.29 is 0 Å². The van der Waals surface area contributed by atoms with Crippen LogP contribution in [0.4, 0.5) is 0 Å². The second kappa shape index (κ2) is 14.4. The molecule has 0 amide bonds. The van der Waals surface area contributed by atoms with Gasteiger partial charge >= 0.3 is 0 Å². The smallest absolute Gasteiger partial charge is 0.00127 e. The summed E-state index contributed by atoms with van der Waals surface area (Å²) in [6.07, 6.45) is 2.31. The van der Waals surface area contributed by atoms with E-state index < -0.39 is 0 Å². The summed E-state index contributed by atoms with van der Waals surface area (Å²) in [5.41, 5.74) is 5.34. The van der Waals surface area contributed by atoms with Crippen molar-refractivity contribution in [3.63, 3.8) is 0 Å². The largest absolute Gasteiger partial charge is 0.330 e. The van der Waals surface area contributed by atoms with Crippen LogP contribution in [0, 0.1) is 0 Å². The molecule has 0 saturated heterocycles. The van der Waals surface area contributed by atoms with Crippen LogP contribution in [0.25, 0.3) is 0 Å². The lowest BCUT2D eigenvalue weighted by molar-refractivity contribution is 0.394. The first-order valence-corrected chi connectivity index (χ1v) is 5.33. The zero-order chi connectivity index (χ0) is 10.5. The monoisotopic (exact) mass is 189 g/mol. The van der Waals surface area contributed by atoms with Crippen LogP contribution in [0.5, 0.6) is 0 Å². The highest BCUT2D eigenvalue weighted by atomic mass is 15.0. The van der Waals surface area contributed by atoms with Crippen LogP contribution < -0.4 is 11.1 Å². The molecule has 0 atom stereocenters. The number of nitrogens with one attached hydrogen (secondary N) is 1. The van der Waals surface area contributed by atoms with Crippen LogP contribution >= 0.6 is 0 Å². The summed E-state index contributed by atoms with van der Waals surface area (Å²) in [4.78, 5) is 2.20. The lowest BCUT2D eigenvalue weighted by Gasteiger charge is -2.09. The van der Waals surface area contributed by atoms with Gasteiger partial charge in [0.05, 0.1) is 0 Å². The van der Waals surface area contributed by atoms with Crippen molar-refractivity contribution in [1.29, 1.82) is 0 Å². The van der Waals surface area contributed by atoms with Crippen molar-refractivity contribution in [3.8, 4) is 0 Å². The average molecular weight is 189 g/mol. The summed E-state index contributed by atoms with van der Waals surface area (Å²) < 4.78 is 0. The van der Waals surface area contributed by atoms with E-state index in [1.165, 1.54) is 6.42 Å². The number of nitrogens with two attached hydrogens (primary N) is 1. The molecule has 3 N–H and O–H groups in total. The van der Waals surface area contributed by atoms with Crippen LogP contribution in [0.15, 0.2) is 0 Å². The fraction of sp³-hybridized carbons (Fsp3) is 1.00. The summed E-state index contributed by atoms with van der Waals surface area (Å²) >= 11 is 0. The van der Waals surface area contributed by atoms with Crippen molar-refractivity contribution in [2.24, 2.45) is 5.73 Å². The van der Waals surface area contributed by atoms with Gasteiger partial charge in [-0.3, -0.25) is 0 Å². The molecule has 0 spiro atoms. The predicted octanol–water partition coefficient (Wildman–Crippen LogP) is 0.903. The fourth-order valence-electron chi connectivity index (χ4n) is 0.872. The first kappa shape index (κ1) is 15.4. The van der Waals surface area contributed by atoms with E-state index in [0.29, 0.717) is 0 Å². The molecule has 0 aromatic heterocycles. The van der Waals surface area contributed by atoms with Gasteiger partial charge < -0.3 is 16.0 Å². The topological polar surface area (TPSA) is 41.3 Å². The van der Waals surface area contributed by atoms with E-state index in [0.717, 1.165) is 32.6 Å². The van der Waals surface area contributed by atoms with Gasteiger partial charge in [-0.15, -0.1) is 0 Å². The molecule has 3 nitrogen and oxygen atoms in total. The van der Waals surface area contributed by atoms with Gasteiger partial charge in [0.2, 0.25) is 0 Å². The minimum Gasteiger partial charge on any atom is -0.330 e. The Labute approximate surface area is 83.7 Å². The lowest BCUT2D eigenvalue weighted by Crippen LogP contribution is -2.23. The molecule has 0 aliphatic carbocycles. The van der Waals surface area contributed by atoms with Crippen molar-refractivity contribution in [2.75, 3.05) is 40.3 Å². The van der Waals surface area contributed by atoms with Crippen molar-refractivity contribution in [3.05, 3.63) is 0 Å². The first-order valence-electron chi connectivity index (χ1n) is 5.33. The molecule has 0 rings (SSSR count). The maximum Gasteiger partial charge on any atom is -0.00127 e. The number of rotatable bonds is 7. The van der Waals surface area contributed by atoms with E-state index in [4.69, 9.17) is 5.73 Å². The molecule has 3 heteroatoms. The fourth-order valence-corrected chi connectivity index (χ4v) is 0.872. The molecule has 0 aliphatic heterocycles. The molecule has 0 aliphatic rings. The first-order chi connectivity index (χ1) is 6.27. The highest BCUT2D eigenvalue weighted by Crippen LogP contribution is 1.80. The molecule has 13 heavy (non-hydrogen) atoms. The Kier molecular flexibility index (Phi) is 17.0. The molecule has 0 unspecified atom stereocenters. The van der Waals surface area contributed by atoms with Crippen LogP contribution in [0.3, 0.4) is 0 Å². The minimum absolute atomic E-state index is 0.792. The van der Waals surface area contributed by atoms with Gasteiger partial charge in [-0.1, -0.05) is 13.8 Å². The molecular formula is C10H27N3. The lowest BCUT2D eigenvalue weighted by atomic mass is 10.4. The summed E-state index contributed by atoms with van der Waals surface area (Å²) in [6, 6.07) is 0. The molecule has 0 bridgehead atoms. The summed E-state index contributed by atoms with van der Waals surface area (Å²) in [5, 5.41) is 3.34. The Morgan fingerprint density at radius 2 is 1.62 bits per heavy atom. The van der Waals surface area contributed by atoms with Gasteiger partial charge in [0.15, 0.2) is 0 Å². The van der Waals surface area contributed by atoms with E-state index >= 15 is 0 Å². The summed E-state index contributed by atoms with van der Waals surface area (Å²) in [7, 11) is 4.19. The second-order valence-corrected chi connectivity index (χ2v) is 3.05. The van der Waals surface area contributed by atoms with Crippen molar-refractivity contribution in [2.45, 2.75) is 26.7 Å². The van der Waals surface area contributed by atoms with Gasteiger partial charge in [0.25, 0.3) is 0 Å². The number of nitrogens with zero attached hydrogens (tertiary/aromatic N) is 1. The third kappa shape index (κ3) is 18.7. The number of hydrogen-bond acceptors (Lipinski definition) is 3. The molecule has 0 radical (unpaired) electrons. The predicted molar refractivity (Wildman–Crippen MR) is 61.1 cm³/mol. The zero-order valence-corrected chi connectivity index (χ0v) is 9.77. The zero-order valence-electron chi connectivity index (χ0n) is 9.77. The SMILES string of the molecule is CC.CN(C)CCCNCCCN. The van der Waals surface area contributed by atoms with Crippen molar-refractivity contribution >= 4 is 0 Å². The van der Waals surface area contributed by atoms with Crippen LogP contribution in [-0.4, -0.2) is 45.2 Å². The number of hydrogen-bond donors (Lipinski definition) is 2. The van der Waals surface area contributed by atoms with E-state index in [-0.39, 0.29) is 0 Å². The molecule has 0 saturated carbocycles. The van der Waals surface area contributed by atoms with Gasteiger partial charge in [-0.05, 0) is 53.1 Å². The Balaban J connectivity index is 0. The maximum absolute atomic E-state index is 5.34. The standard InChI is InChI=1S/C8H21N3.C2H6/c1-11(2)8-4-7-10-6-3-5-9;1-2/h10H,3-9H2,1-2H3;1-2H3. The Hall–Kier alpha value is -0.120. The normalized spacial score (nSPS) is 9.69. The van der Waals surface area contributed by atoms with Gasteiger partial charge in [0.1, 0.15) is 0 Å². The van der Waals surface area contributed by atoms with Gasteiger partial charge in [-0.25, -0.2) is 0 Å². The molecule has 0 aromatic rings. The molecule has 0 heterocycles. The van der Waals surface area contributed by atoms with E-state index in [1.54, 1.807) is 0 Å². The molecule has 0 aromatic carbocycles. The van der Waals surface area contributed by atoms with Crippen molar-refractivity contribution in [1.82, 2.24) is 10.2 Å². The van der Waals surface area contributed by atoms with Gasteiger partial charge in [-0.2, -0.15) is 0 Å². The third-order valence-corrected chi connectivity index (χ3v) is 1.52. The van der Waals surface area contributed by atoms with Crippen LogP contribution in [0.1, 0.15) is 26.7 Å². The van der Waals surface area contributed by atoms with E-state index in [9.17, 15) is 0 Å². The third-order valence-electron chi connectivity index (χ3n) is 1.52. The van der Waals surface area contributed by atoms with Crippen LogP contribution in [-0.2, 0) is 0 Å². The summed E-state index contributed by atoms with van der Waals surface area (Å²) in [6.45, 7) is 8.12. The molecule has 82 valence electrons. The van der Waals surface area contributed by atoms with Gasteiger partial charge in [0, 0.05) is 0 Å². The Bertz CT molecular complexity index is 74.6. The van der Waals surface area contributed by atoms with E-state index in [2.05, 4.69) is 24.3 Å². The highest BCUT2D eigenvalue weighted by Gasteiger charge is 1.89. The highest BCUT2D eigenvalue weighted by molar-refractivity contribution is 4.50. The van der Waals surface area contributed by atoms with E-state index in [1.807, 2.05) is 13.8 Å². The maximum atomic E-state index is 5.34.